The van der Waals surface area contributed by atoms with Gasteiger partial charge in [-0.3, -0.25) is 4.68 Å². The molecule has 0 radical (unpaired) electrons. The number of rotatable bonds is 0. The number of fused-ring (bicyclic) bond motifs is 3. The summed E-state index contributed by atoms with van der Waals surface area (Å²) in [7, 11) is 0. The Morgan fingerprint density at radius 1 is 1.00 bits per heavy atom. The molecule has 3 aromatic rings. The Labute approximate surface area is 113 Å². The zero-order chi connectivity index (χ0) is 13.8. The molecular formula is C17H20N2. The van der Waals surface area contributed by atoms with Crippen LogP contribution in [0.25, 0.3) is 21.8 Å². The number of hydrogen-bond acceptors (Lipinski definition) is 1. The first-order valence-electron chi connectivity index (χ1n) is 6.69. The Morgan fingerprint density at radius 3 is 2.42 bits per heavy atom. The summed E-state index contributed by atoms with van der Waals surface area (Å²) in [5.41, 5.74) is 4.93. The lowest BCUT2D eigenvalue weighted by Gasteiger charge is -2.20. The molecule has 0 saturated carbocycles. The highest BCUT2D eigenvalue weighted by molar-refractivity contribution is 6.10. The predicted molar refractivity (Wildman–Crippen MR) is 83.0 cm³/mol. The van der Waals surface area contributed by atoms with Gasteiger partial charge in [0.1, 0.15) is 0 Å². The zero-order valence-electron chi connectivity index (χ0n) is 12.0. The van der Waals surface area contributed by atoms with E-state index < -0.39 is 0 Å². The highest BCUT2D eigenvalue weighted by atomic mass is 15.3. The molecule has 0 aliphatic heterocycles. The molecule has 98 valence electrons. The van der Waals surface area contributed by atoms with Gasteiger partial charge in [-0.15, -0.1) is 0 Å². The molecule has 0 amide bonds. The average Bonchev–Trinajstić information content (AvgIpc) is 2.62. The van der Waals surface area contributed by atoms with E-state index in [1.165, 1.54) is 21.9 Å². The SMILES string of the molecule is Cc1ccc2c(c1)c1c(C(C)(C)C)cccc1n2N. The van der Waals surface area contributed by atoms with E-state index >= 15 is 0 Å². The van der Waals surface area contributed by atoms with Crippen LogP contribution < -0.4 is 5.84 Å². The molecule has 0 bridgehead atoms. The molecule has 2 N–H and O–H groups in total. The summed E-state index contributed by atoms with van der Waals surface area (Å²) in [6.45, 7) is 8.87. The molecule has 3 rings (SSSR count). The zero-order valence-corrected chi connectivity index (χ0v) is 12.0. The van der Waals surface area contributed by atoms with Crippen LogP contribution in [-0.2, 0) is 5.41 Å². The highest BCUT2D eigenvalue weighted by Gasteiger charge is 2.20. The standard InChI is InChI=1S/C17H20N2/c1-11-8-9-14-12(10-11)16-13(17(2,3)4)6-5-7-15(16)19(14)18/h5-10H,18H2,1-4H3. The van der Waals surface area contributed by atoms with Gasteiger partial charge >= 0.3 is 0 Å². The van der Waals surface area contributed by atoms with Gasteiger partial charge in [-0.05, 0) is 36.1 Å². The van der Waals surface area contributed by atoms with Gasteiger partial charge in [-0.2, -0.15) is 0 Å². The number of nitrogens with zero attached hydrogens (tertiary/aromatic N) is 1. The van der Waals surface area contributed by atoms with Crippen molar-refractivity contribution in [3.8, 4) is 0 Å². The van der Waals surface area contributed by atoms with Crippen molar-refractivity contribution in [2.24, 2.45) is 0 Å². The van der Waals surface area contributed by atoms with Crippen LogP contribution in [0, 0.1) is 6.92 Å². The van der Waals surface area contributed by atoms with Crippen molar-refractivity contribution >= 4 is 21.8 Å². The lowest BCUT2D eigenvalue weighted by molar-refractivity contribution is 0.596. The minimum atomic E-state index is 0.109. The molecule has 0 aliphatic carbocycles. The largest absolute Gasteiger partial charge is 0.339 e. The van der Waals surface area contributed by atoms with Crippen molar-refractivity contribution in [2.75, 3.05) is 5.84 Å². The molecule has 0 unspecified atom stereocenters. The normalized spacial score (nSPS) is 12.4. The predicted octanol–water partition coefficient (Wildman–Crippen LogP) is 4.11. The van der Waals surface area contributed by atoms with Crippen molar-refractivity contribution in [1.82, 2.24) is 4.68 Å². The van der Waals surface area contributed by atoms with Gasteiger partial charge in [0.05, 0.1) is 11.0 Å². The van der Waals surface area contributed by atoms with Crippen LogP contribution in [0.5, 0.6) is 0 Å². The third-order valence-electron chi connectivity index (χ3n) is 3.79. The maximum absolute atomic E-state index is 6.25. The summed E-state index contributed by atoms with van der Waals surface area (Å²) in [6.07, 6.45) is 0. The molecule has 2 aromatic carbocycles. The minimum absolute atomic E-state index is 0.109. The molecule has 0 aliphatic rings. The van der Waals surface area contributed by atoms with Crippen LogP contribution in [0.2, 0.25) is 0 Å². The van der Waals surface area contributed by atoms with E-state index in [1.54, 1.807) is 4.68 Å². The van der Waals surface area contributed by atoms with Crippen molar-refractivity contribution < 1.29 is 0 Å². The minimum Gasteiger partial charge on any atom is -0.339 e. The number of aromatic nitrogens is 1. The second kappa shape index (κ2) is 3.77. The van der Waals surface area contributed by atoms with Gasteiger partial charge < -0.3 is 5.84 Å². The van der Waals surface area contributed by atoms with E-state index in [9.17, 15) is 0 Å². The van der Waals surface area contributed by atoms with Crippen LogP contribution in [0.3, 0.4) is 0 Å². The monoisotopic (exact) mass is 252 g/mol. The Morgan fingerprint density at radius 2 is 1.74 bits per heavy atom. The van der Waals surface area contributed by atoms with E-state index in [1.807, 2.05) is 0 Å². The van der Waals surface area contributed by atoms with E-state index in [4.69, 9.17) is 5.84 Å². The summed E-state index contributed by atoms with van der Waals surface area (Å²) in [5, 5.41) is 2.54. The Hall–Kier alpha value is -1.96. The molecule has 0 spiro atoms. The van der Waals surface area contributed by atoms with Gasteiger partial charge in [-0.25, -0.2) is 0 Å². The van der Waals surface area contributed by atoms with Crippen LogP contribution in [0.4, 0.5) is 0 Å². The molecule has 0 fully saturated rings. The molecule has 1 heterocycles. The number of benzene rings is 2. The van der Waals surface area contributed by atoms with E-state index in [2.05, 4.69) is 64.1 Å². The third-order valence-corrected chi connectivity index (χ3v) is 3.79. The lowest BCUT2D eigenvalue weighted by Crippen LogP contribution is -2.12. The van der Waals surface area contributed by atoms with Gasteiger partial charge in [0.25, 0.3) is 0 Å². The van der Waals surface area contributed by atoms with Crippen LogP contribution in [0.15, 0.2) is 36.4 Å². The molecule has 0 atom stereocenters. The lowest BCUT2D eigenvalue weighted by atomic mass is 9.84. The van der Waals surface area contributed by atoms with Crippen molar-refractivity contribution in [3.05, 3.63) is 47.5 Å². The quantitative estimate of drug-likeness (QED) is 0.600. The first-order chi connectivity index (χ1) is 8.89. The molecular weight excluding hydrogens is 232 g/mol. The van der Waals surface area contributed by atoms with E-state index in [0.717, 1.165) is 11.0 Å². The van der Waals surface area contributed by atoms with Crippen LogP contribution >= 0.6 is 0 Å². The number of nitrogen functional groups attached to an aromatic ring is 1. The van der Waals surface area contributed by atoms with E-state index in [-0.39, 0.29) is 5.41 Å². The van der Waals surface area contributed by atoms with Gasteiger partial charge in [0, 0.05) is 10.8 Å². The molecule has 0 saturated heterocycles. The summed E-state index contributed by atoms with van der Waals surface area (Å²) in [5.74, 6) is 6.25. The van der Waals surface area contributed by atoms with E-state index in [0.29, 0.717) is 0 Å². The van der Waals surface area contributed by atoms with Crippen molar-refractivity contribution in [2.45, 2.75) is 33.1 Å². The second-order valence-corrected chi connectivity index (χ2v) is 6.34. The van der Waals surface area contributed by atoms with Gasteiger partial charge in [0.2, 0.25) is 0 Å². The summed E-state index contributed by atoms with van der Waals surface area (Å²) in [4.78, 5) is 0. The van der Waals surface area contributed by atoms with Crippen molar-refractivity contribution in [1.29, 1.82) is 0 Å². The maximum Gasteiger partial charge on any atom is 0.0706 e. The summed E-state index contributed by atoms with van der Waals surface area (Å²) in [6, 6.07) is 12.9. The smallest absolute Gasteiger partial charge is 0.0706 e. The number of hydrogen-bond donors (Lipinski definition) is 1. The molecule has 19 heavy (non-hydrogen) atoms. The Bertz CT molecular complexity index is 773. The Kier molecular flexibility index (Phi) is 2.40. The van der Waals surface area contributed by atoms with Crippen LogP contribution in [0.1, 0.15) is 31.9 Å². The van der Waals surface area contributed by atoms with Crippen LogP contribution in [-0.4, -0.2) is 4.68 Å². The molecule has 2 nitrogen and oxygen atoms in total. The fraction of sp³-hybridized carbons (Fsp3) is 0.294. The summed E-state index contributed by atoms with van der Waals surface area (Å²) >= 11 is 0. The molecule has 1 aromatic heterocycles. The molecule has 2 heteroatoms. The summed E-state index contributed by atoms with van der Waals surface area (Å²) < 4.78 is 1.80. The topological polar surface area (TPSA) is 30.9 Å². The van der Waals surface area contributed by atoms with Crippen molar-refractivity contribution in [3.63, 3.8) is 0 Å². The average molecular weight is 252 g/mol. The van der Waals surface area contributed by atoms with Gasteiger partial charge in [0.15, 0.2) is 0 Å². The maximum atomic E-state index is 6.25. The Balaban J connectivity index is 2.58. The fourth-order valence-electron chi connectivity index (χ4n) is 2.84. The third kappa shape index (κ3) is 1.71. The number of aryl methyl sites for hydroxylation is 1. The number of nitrogens with two attached hydrogens (primary N) is 1. The second-order valence-electron chi connectivity index (χ2n) is 6.34. The fourth-order valence-corrected chi connectivity index (χ4v) is 2.84. The first-order valence-corrected chi connectivity index (χ1v) is 6.69. The first kappa shape index (κ1) is 12.1. The highest BCUT2D eigenvalue weighted by Crippen LogP contribution is 2.36. The van der Waals surface area contributed by atoms with Gasteiger partial charge in [-0.1, -0.05) is 44.5 Å².